The molecule has 0 unspecified atom stereocenters. The molecular formula is C15H23NO2. The number of nitrogens with one attached hydrogen (secondary N) is 1. The molecule has 100 valence electrons. The molecule has 3 heteroatoms. The lowest BCUT2D eigenvalue weighted by Gasteiger charge is -1.97. The van der Waals surface area contributed by atoms with Gasteiger partial charge in [-0.2, -0.15) is 0 Å². The standard InChI is InChI=1S/C15H23NO2/c1-3-5-6-7-8-9-11-13-12(10-4-2)14(17)16-15(13)18/h4,9,11,16-18H,2-3,5-8,10H2,1H3. The van der Waals surface area contributed by atoms with E-state index in [0.717, 1.165) is 12.8 Å². The van der Waals surface area contributed by atoms with E-state index in [9.17, 15) is 10.2 Å². The molecule has 0 spiro atoms. The molecule has 18 heavy (non-hydrogen) atoms. The van der Waals surface area contributed by atoms with Crippen molar-refractivity contribution in [1.82, 2.24) is 4.98 Å². The molecule has 0 aromatic carbocycles. The number of aromatic hydroxyl groups is 2. The van der Waals surface area contributed by atoms with Gasteiger partial charge in [0.15, 0.2) is 11.8 Å². The molecule has 3 nitrogen and oxygen atoms in total. The zero-order chi connectivity index (χ0) is 13.4. The number of H-pyrrole nitrogens is 1. The molecule has 1 aromatic heterocycles. The van der Waals surface area contributed by atoms with E-state index < -0.39 is 0 Å². The number of hydrogen-bond donors (Lipinski definition) is 3. The second-order valence-corrected chi connectivity index (χ2v) is 4.46. The fourth-order valence-electron chi connectivity index (χ4n) is 1.95. The van der Waals surface area contributed by atoms with Crippen molar-refractivity contribution in [1.29, 1.82) is 0 Å². The Bertz CT molecular complexity index is 405. The first-order chi connectivity index (χ1) is 8.70. The van der Waals surface area contributed by atoms with Gasteiger partial charge in [0, 0.05) is 11.1 Å². The van der Waals surface area contributed by atoms with Gasteiger partial charge in [0.1, 0.15) is 0 Å². The zero-order valence-corrected chi connectivity index (χ0v) is 11.1. The Balaban J connectivity index is 2.59. The highest BCUT2D eigenvalue weighted by Gasteiger charge is 2.12. The Morgan fingerprint density at radius 1 is 1.17 bits per heavy atom. The van der Waals surface area contributed by atoms with Crippen LogP contribution in [0, 0.1) is 0 Å². The molecule has 0 aliphatic heterocycles. The van der Waals surface area contributed by atoms with Gasteiger partial charge in [0.2, 0.25) is 0 Å². The molecule has 0 saturated heterocycles. The summed E-state index contributed by atoms with van der Waals surface area (Å²) < 4.78 is 0. The molecule has 0 atom stereocenters. The average Bonchev–Trinajstić information content (AvgIpc) is 2.60. The highest BCUT2D eigenvalue weighted by molar-refractivity contribution is 5.63. The van der Waals surface area contributed by atoms with Gasteiger partial charge in [-0.25, -0.2) is 0 Å². The Morgan fingerprint density at radius 3 is 2.61 bits per heavy atom. The Hall–Kier alpha value is -1.64. The van der Waals surface area contributed by atoms with Gasteiger partial charge in [-0.05, 0) is 19.3 Å². The lowest BCUT2D eigenvalue weighted by molar-refractivity contribution is 0.423. The van der Waals surface area contributed by atoms with E-state index in [4.69, 9.17) is 0 Å². The van der Waals surface area contributed by atoms with Crippen molar-refractivity contribution < 1.29 is 10.2 Å². The minimum Gasteiger partial charge on any atom is -0.494 e. The van der Waals surface area contributed by atoms with Crippen molar-refractivity contribution in [3.63, 3.8) is 0 Å². The molecule has 1 aromatic rings. The van der Waals surface area contributed by atoms with Crippen LogP contribution in [-0.2, 0) is 6.42 Å². The maximum absolute atomic E-state index is 9.68. The minimum atomic E-state index is 0.0224. The summed E-state index contributed by atoms with van der Waals surface area (Å²) in [4.78, 5) is 2.53. The normalized spacial score (nSPS) is 11.2. The zero-order valence-electron chi connectivity index (χ0n) is 11.1. The summed E-state index contributed by atoms with van der Waals surface area (Å²) >= 11 is 0. The molecular weight excluding hydrogens is 226 g/mol. The summed E-state index contributed by atoms with van der Waals surface area (Å²) in [7, 11) is 0. The van der Waals surface area contributed by atoms with Gasteiger partial charge >= 0.3 is 0 Å². The SMILES string of the molecule is C=CCc1c(O)[nH]c(O)c1C=CCCCCCC. The van der Waals surface area contributed by atoms with Crippen LogP contribution in [0.3, 0.4) is 0 Å². The third-order valence-corrected chi connectivity index (χ3v) is 2.96. The molecule has 0 aliphatic rings. The van der Waals surface area contributed by atoms with Crippen molar-refractivity contribution in [2.75, 3.05) is 0 Å². The van der Waals surface area contributed by atoms with E-state index in [2.05, 4.69) is 18.5 Å². The number of aromatic nitrogens is 1. The fourth-order valence-corrected chi connectivity index (χ4v) is 1.95. The summed E-state index contributed by atoms with van der Waals surface area (Å²) in [6.07, 6.45) is 12.1. The largest absolute Gasteiger partial charge is 0.494 e. The van der Waals surface area contributed by atoms with E-state index in [1.165, 1.54) is 19.3 Å². The third-order valence-electron chi connectivity index (χ3n) is 2.96. The highest BCUT2D eigenvalue weighted by Crippen LogP contribution is 2.31. The summed E-state index contributed by atoms with van der Waals surface area (Å²) in [5.41, 5.74) is 1.37. The van der Waals surface area contributed by atoms with Crippen LogP contribution in [0.1, 0.15) is 50.2 Å². The van der Waals surface area contributed by atoms with Crippen molar-refractivity contribution >= 4 is 6.08 Å². The summed E-state index contributed by atoms with van der Waals surface area (Å²) in [6.45, 7) is 5.84. The minimum absolute atomic E-state index is 0.0224. The van der Waals surface area contributed by atoms with Crippen LogP contribution >= 0.6 is 0 Å². The van der Waals surface area contributed by atoms with Gasteiger partial charge in [-0.15, -0.1) is 6.58 Å². The van der Waals surface area contributed by atoms with E-state index in [1.54, 1.807) is 6.08 Å². The van der Waals surface area contributed by atoms with Gasteiger partial charge < -0.3 is 10.2 Å². The molecule has 0 amide bonds. The predicted molar refractivity (Wildman–Crippen MR) is 75.8 cm³/mol. The van der Waals surface area contributed by atoms with E-state index in [1.807, 2.05) is 12.2 Å². The van der Waals surface area contributed by atoms with Crippen molar-refractivity contribution in [2.24, 2.45) is 0 Å². The molecule has 1 heterocycles. The fraction of sp³-hybridized carbons (Fsp3) is 0.467. The lowest BCUT2D eigenvalue weighted by atomic mass is 10.1. The van der Waals surface area contributed by atoms with Crippen LogP contribution in [0.5, 0.6) is 11.8 Å². The summed E-state index contributed by atoms with van der Waals surface area (Å²) in [5.74, 6) is 0.0483. The maximum Gasteiger partial charge on any atom is 0.198 e. The van der Waals surface area contributed by atoms with Gasteiger partial charge in [0.25, 0.3) is 0 Å². The smallest absolute Gasteiger partial charge is 0.198 e. The van der Waals surface area contributed by atoms with E-state index in [-0.39, 0.29) is 11.8 Å². The molecule has 0 aliphatic carbocycles. The number of rotatable bonds is 8. The predicted octanol–water partition coefficient (Wildman–Crippen LogP) is 4.14. The Labute approximate surface area is 109 Å². The molecule has 0 radical (unpaired) electrons. The van der Waals surface area contributed by atoms with Gasteiger partial charge in [-0.1, -0.05) is 44.4 Å². The number of allylic oxidation sites excluding steroid dienone is 2. The lowest BCUT2D eigenvalue weighted by Crippen LogP contribution is -1.82. The monoisotopic (exact) mass is 249 g/mol. The van der Waals surface area contributed by atoms with E-state index in [0.29, 0.717) is 17.5 Å². The second-order valence-electron chi connectivity index (χ2n) is 4.46. The van der Waals surface area contributed by atoms with Crippen LogP contribution < -0.4 is 0 Å². The second kappa shape index (κ2) is 7.64. The molecule has 0 bridgehead atoms. The first-order valence-corrected chi connectivity index (χ1v) is 6.60. The Morgan fingerprint density at radius 2 is 1.94 bits per heavy atom. The van der Waals surface area contributed by atoms with Crippen molar-refractivity contribution in [3.05, 3.63) is 29.9 Å². The quantitative estimate of drug-likeness (QED) is 0.479. The topological polar surface area (TPSA) is 56.2 Å². The van der Waals surface area contributed by atoms with Crippen LogP contribution in [-0.4, -0.2) is 15.2 Å². The molecule has 0 saturated carbocycles. The molecule has 0 fully saturated rings. The van der Waals surface area contributed by atoms with Crippen molar-refractivity contribution in [3.8, 4) is 11.8 Å². The average molecular weight is 249 g/mol. The summed E-state index contributed by atoms with van der Waals surface area (Å²) in [6, 6.07) is 0. The van der Waals surface area contributed by atoms with Crippen LogP contribution in [0.25, 0.3) is 6.08 Å². The van der Waals surface area contributed by atoms with Crippen LogP contribution in [0.4, 0.5) is 0 Å². The van der Waals surface area contributed by atoms with Gasteiger partial charge in [-0.3, -0.25) is 4.98 Å². The first kappa shape index (κ1) is 14.4. The number of hydrogen-bond acceptors (Lipinski definition) is 2. The molecule has 3 N–H and O–H groups in total. The highest BCUT2D eigenvalue weighted by atomic mass is 16.3. The maximum atomic E-state index is 9.68. The van der Waals surface area contributed by atoms with Crippen LogP contribution in [0.15, 0.2) is 18.7 Å². The van der Waals surface area contributed by atoms with Gasteiger partial charge in [0.05, 0.1) is 0 Å². The molecule has 1 rings (SSSR count). The summed E-state index contributed by atoms with van der Waals surface area (Å²) in [5, 5.41) is 19.3. The number of unbranched alkanes of at least 4 members (excludes halogenated alkanes) is 4. The Kier molecular flexibility index (Phi) is 6.12. The third kappa shape index (κ3) is 3.99. The van der Waals surface area contributed by atoms with Crippen LogP contribution in [0.2, 0.25) is 0 Å². The van der Waals surface area contributed by atoms with E-state index >= 15 is 0 Å². The number of aromatic amines is 1. The van der Waals surface area contributed by atoms with Crippen molar-refractivity contribution in [2.45, 2.75) is 45.4 Å². The first-order valence-electron chi connectivity index (χ1n) is 6.60.